The molecular weight excluding hydrogens is 325 g/mol. The van der Waals surface area contributed by atoms with Gasteiger partial charge in [0.05, 0.1) is 23.1 Å². The van der Waals surface area contributed by atoms with Gasteiger partial charge in [0.2, 0.25) is 0 Å². The Hall–Kier alpha value is -2.87. The van der Waals surface area contributed by atoms with Gasteiger partial charge >= 0.3 is 5.97 Å². The van der Waals surface area contributed by atoms with Crippen molar-refractivity contribution in [1.29, 1.82) is 0 Å². The first-order valence-corrected chi connectivity index (χ1v) is 6.81. The largest absolute Gasteiger partial charge is 0.454 e. The van der Waals surface area contributed by atoms with Gasteiger partial charge < -0.3 is 4.74 Å². The van der Waals surface area contributed by atoms with Crippen LogP contribution in [0.2, 0.25) is 5.02 Å². The Labute approximate surface area is 134 Å². The molecule has 0 aliphatic heterocycles. The molecule has 23 heavy (non-hydrogen) atoms. The fourth-order valence-corrected chi connectivity index (χ4v) is 1.91. The van der Waals surface area contributed by atoms with Gasteiger partial charge in [-0.15, -0.1) is 5.10 Å². The second kappa shape index (κ2) is 6.49. The highest BCUT2D eigenvalue weighted by atomic mass is 35.5. The number of aromatic nitrogens is 5. The van der Waals surface area contributed by atoms with Crippen molar-refractivity contribution in [3.63, 3.8) is 0 Å². The van der Waals surface area contributed by atoms with E-state index in [1.165, 1.54) is 41.5 Å². The average molecular weight is 334 g/mol. The standard InChI is InChI=1S/C14H9ClFN5O2/c15-11-5-10(1-2-12(11)16)21-7-9(19-20-21)8-23-14(22)13-6-17-3-4-18-13/h1-7H,8H2. The molecule has 0 amide bonds. The quantitative estimate of drug-likeness (QED) is 0.681. The molecule has 0 fully saturated rings. The van der Waals surface area contributed by atoms with Crippen LogP contribution in [0.4, 0.5) is 4.39 Å². The topological polar surface area (TPSA) is 82.8 Å². The molecule has 0 spiro atoms. The molecule has 2 aromatic heterocycles. The number of esters is 1. The summed E-state index contributed by atoms with van der Waals surface area (Å²) in [5, 5.41) is 7.73. The third-order valence-corrected chi connectivity index (χ3v) is 3.12. The number of rotatable bonds is 4. The summed E-state index contributed by atoms with van der Waals surface area (Å²) in [4.78, 5) is 19.4. The monoisotopic (exact) mass is 333 g/mol. The fourth-order valence-electron chi connectivity index (χ4n) is 1.74. The minimum Gasteiger partial charge on any atom is -0.454 e. The zero-order valence-electron chi connectivity index (χ0n) is 11.6. The van der Waals surface area contributed by atoms with Crippen LogP contribution in [-0.4, -0.2) is 30.9 Å². The van der Waals surface area contributed by atoms with Gasteiger partial charge in [-0.2, -0.15) is 0 Å². The molecule has 0 radical (unpaired) electrons. The van der Waals surface area contributed by atoms with Crippen LogP contribution in [0.25, 0.3) is 5.69 Å². The summed E-state index contributed by atoms with van der Waals surface area (Å²) in [6, 6.07) is 4.15. The van der Waals surface area contributed by atoms with Gasteiger partial charge in [-0.3, -0.25) is 4.98 Å². The van der Waals surface area contributed by atoms with Crippen LogP contribution >= 0.6 is 11.6 Å². The maximum atomic E-state index is 13.1. The fraction of sp³-hybridized carbons (Fsp3) is 0.0714. The molecule has 2 heterocycles. The zero-order chi connectivity index (χ0) is 16.2. The van der Waals surface area contributed by atoms with Crippen LogP contribution in [0.1, 0.15) is 16.2 Å². The maximum absolute atomic E-state index is 13.1. The van der Waals surface area contributed by atoms with Crippen molar-refractivity contribution in [1.82, 2.24) is 25.0 Å². The van der Waals surface area contributed by atoms with Crippen molar-refractivity contribution < 1.29 is 13.9 Å². The number of benzene rings is 1. The van der Waals surface area contributed by atoms with E-state index in [9.17, 15) is 9.18 Å². The van der Waals surface area contributed by atoms with Crippen molar-refractivity contribution in [3.05, 3.63) is 65.2 Å². The van der Waals surface area contributed by atoms with Crippen LogP contribution in [0.3, 0.4) is 0 Å². The molecule has 3 rings (SSSR count). The Bertz CT molecular complexity index is 840. The summed E-state index contributed by atoms with van der Waals surface area (Å²) in [6.45, 7) is -0.0790. The predicted octanol–water partition coefficient (Wildman–Crippen LogP) is 2.21. The first-order valence-electron chi connectivity index (χ1n) is 6.43. The normalized spacial score (nSPS) is 10.5. The Balaban J connectivity index is 1.68. The minimum absolute atomic E-state index is 0.0198. The van der Waals surface area contributed by atoms with E-state index in [0.29, 0.717) is 11.4 Å². The Morgan fingerprint density at radius 3 is 2.96 bits per heavy atom. The highest BCUT2D eigenvalue weighted by Gasteiger charge is 2.11. The third kappa shape index (κ3) is 3.49. The number of carbonyl (C=O) groups excluding carboxylic acids is 1. The smallest absolute Gasteiger partial charge is 0.358 e. The predicted molar refractivity (Wildman–Crippen MR) is 77.5 cm³/mol. The number of hydrogen-bond donors (Lipinski definition) is 0. The van der Waals surface area contributed by atoms with E-state index in [0.717, 1.165) is 0 Å². The van der Waals surface area contributed by atoms with Crippen LogP contribution in [0.5, 0.6) is 0 Å². The summed E-state index contributed by atoms with van der Waals surface area (Å²) >= 11 is 5.72. The molecule has 116 valence electrons. The molecule has 0 aliphatic rings. The molecule has 0 N–H and O–H groups in total. The number of halogens is 2. The van der Waals surface area contributed by atoms with Gasteiger partial charge in [-0.25, -0.2) is 18.9 Å². The van der Waals surface area contributed by atoms with E-state index < -0.39 is 11.8 Å². The molecule has 0 saturated carbocycles. The van der Waals surface area contributed by atoms with Crippen molar-refractivity contribution >= 4 is 17.6 Å². The molecule has 1 aromatic carbocycles. The van der Waals surface area contributed by atoms with Crippen LogP contribution in [0, 0.1) is 5.82 Å². The van der Waals surface area contributed by atoms with E-state index in [-0.39, 0.29) is 17.3 Å². The van der Waals surface area contributed by atoms with Gasteiger partial charge in [0.25, 0.3) is 0 Å². The van der Waals surface area contributed by atoms with Crippen molar-refractivity contribution in [2.45, 2.75) is 6.61 Å². The number of hydrogen-bond acceptors (Lipinski definition) is 6. The SMILES string of the molecule is O=C(OCc1cn(-c2ccc(F)c(Cl)c2)nn1)c1cnccn1. The Morgan fingerprint density at radius 1 is 1.35 bits per heavy atom. The van der Waals surface area contributed by atoms with Crippen LogP contribution < -0.4 is 0 Å². The second-order valence-electron chi connectivity index (χ2n) is 4.42. The first kappa shape index (κ1) is 15.0. The van der Waals surface area contributed by atoms with E-state index in [1.54, 1.807) is 6.20 Å². The zero-order valence-corrected chi connectivity index (χ0v) is 12.3. The van der Waals surface area contributed by atoms with Crippen LogP contribution in [0.15, 0.2) is 43.0 Å². The summed E-state index contributed by atoms with van der Waals surface area (Å²) in [5.41, 5.74) is 1.06. The lowest BCUT2D eigenvalue weighted by Crippen LogP contribution is -2.07. The molecule has 9 heteroatoms. The van der Waals surface area contributed by atoms with Gasteiger partial charge in [-0.1, -0.05) is 16.8 Å². The molecule has 7 nitrogen and oxygen atoms in total. The number of carbonyl (C=O) groups is 1. The lowest BCUT2D eigenvalue weighted by atomic mass is 10.3. The van der Waals surface area contributed by atoms with Gasteiger partial charge in [-0.05, 0) is 18.2 Å². The summed E-state index contributed by atoms with van der Waals surface area (Å²) in [5.74, 6) is -1.13. The van der Waals surface area contributed by atoms with Gasteiger partial charge in [0, 0.05) is 12.4 Å². The van der Waals surface area contributed by atoms with Gasteiger partial charge in [0.1, 0.15) is 18.1 Å². The summed E-state index contributed by atoms with van der Waals surface area (Å²) in [7, 11) is 0. The highest BCUT2D eigenvalue weighted by molar-refractivity contribution is 6.30. The van der Waals surface area contributed by atoms with Gasteiger partial charge in [0.15, 0.2) is 5.69 Å². The number of nitrogens with zero attached hydrogens (tertiary/aromatic N) is 5. The molecule has 0 unspecified atom stereocenters. The average Bonchev–Trinajstić information content (AvgIpc) is 3.05. The second-order valence-corrected chi connectivity index (χ2v) is 4.83. The lowest BCUT2D eigenvalue weighted by molar-refractivity contribution is 0.0460. The molecule has 0 aliphatic carbocycles. The van der Waals surface area contributed by atoms with Crippen molar-refractivity contribution in [3.8, 4) is 5.69 Å². The van der Waals surface area contributed by atoms with Crippen LogP contribution in [-0.2, 0) is 11.3 Å². The maximum Gasteiger partial charge on any atom is 0.358 e. The lowest BCUT2D eigenvalue weighted by Gasteiger charge is -2.01. The molecule has 0 saturated heterocycles. The number of ether oxygens (including phenoxy) is 1. The van der Waals surface area contributed by atoms with E-state index in [2.05, 4.69) is 20.3 Å². The Kier molecular flexibility index (Phi) is 4.24. The molecule has 3 aromatic rings. The van der Waals surface area contributed by atoms with E-state index in [1.807, 2.05) is 0 Å². The van der Waals surface area contributed by atoms with Crippen molar-refractivity contribution in [2.24, 2.45) is 0 Å². The van der Waals surface area contributed by atoms with E-state index >= 15 is 0 Å². The molecule has 0 bridgehead atoms. The van der Waals surface area contributed by atoms with Crippen molar-refractivity contribution in [2.75, 3.05) is 0 Å². The highest BCUT2D eigenvalue weighted by Crippen LogP contribution is 2.18. The van der Waals surface area contributed by atoms with E-state index in [4.69, 9.17) is 16.3 Å². The summed E-state index contributed by atoms with van der Waals surface area (Å²) in [6.07, 6.45) is 5.70. The minimum atomic E-state index is -0.613. The Morgan fingerprint density at radius 2 is 2.22 bits per heavy atom. The third-order valence-electron chi connectivity index (χ3n) is 2.83. The first-order chi connectivity index (χ1) is 11.1. The molecule has 0 atom stereocenters. The molecular formula is C14H9ClFN5O2. The summed E-state index contributed by atoms with van der Waals surface area (Å²) < 4.78 is 19.6.